The van der Waals surface area contributed by atoms with Crippen molar-refractivity contribution in [2.75, 3.05) is 20.2 Å². The molecule has 0 aliphatic carbocycles. The van der Waals surface area contributed by atoms with Gasteiger partial charge in [0.2, 0.25) is 15.9 Å². The summed E-state index contributed by atoms with van der Waals surface area (Å²) in [5, 5.41) is 2.90. The van der Waals surface area contributed by atoms with Crippen LogP contribution in [-0.4, -0.2) is 38.8 Å². The monoisotopic (exact) mass is 452 g/mol. The van der Waals surface area contributed by atoms with E-state index in [9.17, 15) is 13.2 Å². The lowest BCUT2D eigenvalue weighted by Gasteiger charge is -2.23. The molecule has 7 heteroatoms. The first-order valence-electron chi connectivity index (χ1n) is 10.4. The Bertz CT molecular complexity index is 1120. The van der Waals surface area contributed by atoms with Gasteiger partial charge >= 0.3 is 0 Å². The van der Waals surface area contributed by atoms with Gasteiger partial charge in [-0.15, -0.1) is 0 Å². The summed E-state index contributed by atoms with van der Waals surface area (Å²) < 4.78 is 33.1. The highest BCUT2D eigenvalue weighted by molar-refractivity contribution is 7.89. The average Bonchev–Trinajstić information content (AvgIpc) is 2.82. The Morgan fingerprint density at radius 3 is 2.19 bits per heavy atom. The number of carbonyl (C=O) groups is 1. The first-order valence-corrected chi connectivity index (χ1v) is 11.9. The first kappa shape index (κ1) is 23.5. The zero-order valence-electron chi connectivity index (χ0n) is 18.3. The van der Waals surface area contributed by atoms with Crippen LogP contribution >= 0.6 is 0 Å². The molecule has 0 heterocycles. The third-order valence-corrected chi connectivity index (χ3v) is 7.04. The molecule has 0 fully saturated rings. The molecule has 0 spiro atoms. The highest BCUT2D eigenvalue weighted by Crippen LogP contribution is 2.24. The average molecular weight is 453 g/mol. The van der Waals surface area contributed by atoms with Crippen LogP contribution in [0.4, 0.5) is 0 Å². The third-order valence-electron chi connectivity index (χ3n) is 5.18. The maximum atomic E-state index is 13.3. The van der Waals surface area contributed by atoms with Gasteiger partial charge in [-0.2, -0.15) is 4.31 Å². The molecule has 3 rings (SSSR count). The lowest BCUT2D eigenvalue weighted by molar-refractivity contribution is -0.121. The summed E-state index contributed by atoms with van der Waals surface area (Å²) in [5.41, 5.74) is 1.83. The minimum Gasteiger partial charge on any atom is -0.496 e. The molecule has 0 aromatic heterocycles. The molecule has 0 unspecified atom stereocenters. The molecule has 1 amide bonds. The van der Waals surface area contributed by atoms with E-state index in [0.717, 1.165) is 11.1 Å². The summed E-state index contributed by atoms with van der Waals surface area (Å²) in [7, 11) is -2.26. The predicted molar refractivity (Wildman–Crippen MR) is 125 cm³/mol. The van der Waals surface area contributed by atoms with Gasteiger partial charge in [0.25, 0.3) is 0 Å². The number of hydrogen-bond donors (Lipinski definition) is 1. The Hall–Kier alpha value is -3.16. The highest BCUT2D eigenvalue weighted by atomic mass is 32.2. The van der Waals surface area contributed by atoms with Crippen LogP contribution in [0, 0.1) is 0 Å². The molecule has 0 saturated heterocycles. The molecule has 0 aliphatic rings. The summed E-state index contributed by atoms with van der Waals surface area (Å²) in [6.07, 6.45) is 0.502. The van der Waals surface area contributed by atoms with Crippen LogP contribution in [0.3, 0.4) is 0 Å². The molecule has 3 aromatic rings. The van der Waals surface area contributed by atoms with Crippen LogP contribution in [0.15, 0.2) is 89.8 Å². The summed E-state index contributed by atoms with van der Waals surface area (Å²) in [6.45, 7) is 1.76. The van der Waals surface area contributed by atoms with Crippen LogP contribution in [0.25, 0.3) is 0 Å². The van der Waals surface area contributed by atoms with Gasteiger partial charge in [0.1, 0.15) is 5.75 Å². The normalized spacial score (nSPS) is 12.3. The number of methoxy groups -OCH3 is 1. The molecule has 6 nitrogen and oxygen atoms in total. The Balaban J connectivity index is 1.77. The van der Waals surface area contributed by atoms with Crippen LogP contribution in [-0.2, 0) is 21.2 Å². The van der Waals surface area contributed by atoms with E-state index in [1.807, 2.05) is 61.5 Å². The number of sulfonamides is 1. The number of hydrogen-bond acceptors (Lipinski definition) is 4. The molecule has 1 N–H and O–H groups in total. The largest absolute Gasteiger partial charge is 0.496 e. The van der Waals surface area contributed by atoms with E-state index in [1.54, 1.807) is 37.4 Å². The lowest BCUT2D eigenvalue weighted by atomic mass is 10.1. The second-order valence-electron chi connectivity index (χ2n) is 7.42. The number of nitrogens with zero attached hydrogens (tertiary/aromatic N) is 1. The van der Waals surface area contributed by atoms with Gasteiger partial charge in [0, 0.05) is 12.1 Å². The molecule has 3 aromatic carbocycles. The number of nitrogens with one attached hydrogen (secondary N) is 1. The van der Waals surface area contributed by atoms with E-state index >= 15 is 0 Å². The summed E-state index contributed by atoms with van der Waals surface area (Å²) in [4.78, 5) is 13.0. The molecule has 0 bridgehead atoms. The fraction of sp³-hybridized carbons (Fsp3) is 0.240. The Morgan fingerprint density at radius 2 is 1.53 bits per heavy atom. The molecule has 0 saturated carbocycles. The fourth-order valence-corrected chi connectivity index (χ4v) is 4.89. The topological polar surface area (TPSA) is 75.7 Å². The van der Waals surface area contributed by atoms with E-state index in [-0.39, 0.29) is 29.9 Å². The number of rotatable bonds is 10. The van der Waals surface area contributed by atoms with Crippen LogP contribution < -0.4 is 10.1 Å². The predicted octanol–water partition coefficient (Wildman–Crippen LogP) is 3.81. The van der Waals surface area contributed by atoms with Gasteiger partial charge in [0.05, 0.1) is 24.6 Å². The van der Waals surface area contributed by atoms with Crippen molar-refractivity contribution >= 4 is 15.9 Å². The smallest absolute Gasteiger partial charge is 0.243 e. The van der Waals surface area contributed by atoms with Gasteiger partial charge in [-0.3, -0.25) is 4.79 Å². The first-order chi connectivity index (χ1) is 15.4. The zero-order valence-corrected chi connectivity index (χ0v) is 19.1. The van der Waals surface area contributed by atoms with E-state index in [4.69, 9.17) is 4.74 Å². The van der Waals surface area contributed by atoms with Crippen molar-refractivity contribution in [3.8, 4) is 5.75 Å². The fourth-order valence-electron chi connectivity index (χ4n) is 3.47. The van der Waals surface area contributed by atoms with E-state index in [0.29, 0.717) is 12.2 Å². The van der Waals surface area contributed by atoms with Crippen LogP contribution in [0.1, 0.15) is 24.1 Å². The van der Waals surface area contributed by atoms with E-state index in [2.05, 4.69) is 5.32 Å². The van der Waals surface area contributed by atoms with Crippen molar-refractivity contribution < 1.29 is 17.9 Å². The molecular formula is C25H28N2O4S. The minimum absolute atomic E-state index is 0.165. The van der Waals surface area contributed by atoms with E-state index in [1.165, 1.54) is 4.31 Å². The Kier molecular flexibility index (Phi) is 8.03. The number of carbonyl (C=O) groups excluding carboxylic acids is 1. The molecule has 168 valence electrons. The summed E-state index contributed by atoms with van der Waals surface area (Å²) in [5.74, 6) is 0.286. The number of amides is 1. The van der Waals surface area contributed by atoms with Gasteiger partial charge in [-0.1, -0.05) is 66.7 Å². The molecule has 32 heavy (non-hydrogen) atoms. The van der Waals surface area contributed by atoms with Crippen molar-refractivity contribution in [2.24, 2.45) is 0 Å². The second kappa shape index (κ2) is 10.9. The van der Waals surface area contributed by atoms with Gasteiger partial charge in [-0.05, 0) is 37.1 Å². The molecule has 1 atom stereocenters. The second-order valence-corrected chi connectivity index (χ2v) is 9.36. The maximum absolute atomic E-state index is 13.3. The summed E-state index contributed by atoms with van der Waals surface area (Å²) in [6, 6.07) is 24.9. The number of benzene rings is 3. The SMILES string of the molecule is COc1ccccc1[C@@H](C)NC(=O)CN(CCc1ccccc1)S(=O)(=O)c1ccccc1. The van der Waals surface area contributed by atoms with Gasteiger partial charge in [0.15, 0.2) is 0 Å². The van der Waals surface area contributed by atoms with Crippen LogP contribution in [0.5, 0.6) is 5.75 Å². The maximum Gasteiger partial charge on any atom is 0.243 e. The van der Waals surface area contributed by atoms with Crippen molar-refractivity contribution in [1.29, 1.82) is 0 Å². The minimum atomic E-state index is -3.83. The van der Waals surface area contributed by atoms with Crippen molar-refractivity contribution in [3.05, 3.63) is 96.1 Å². The Labute approximate surface area is 189 Å². The van der Waals surface area contributed by atoms with Crippen molar-refractivity contribution in [2.45, 2.75) is 24.3 Å². The number of ether oxygens (including phenoxy) is 1. The number of para-hydroxylation sites is 1. The highest BCUT2D eigenvalue weighted by Gasteiger charge is 2.27. The molecule has 0 radical (unpaired) electrons. The van der Waals surface area contributed by atoms with E-state index < -0.39 is 10.0 Å². The molecular weight excluding hydrogens is 424 g/mol. The zero-order chi connectivity index (χ0) is 23.0. The van der Waals surface area contributed by atoms with Gasteiger partial charge < -0.3 is 10.1 Å². The van der Waals surface area contributed by atoms with Crippen molar-refractivity contribution in [3.63, 3.8) is 0 Å². The van der Waals surface area contributed by atoms with Crippen molar-refractivity contribution in [1.82, 2.24) is 9.62 Å². The summed E-state index contributed by atoms with van der Waals surface area (Å²) >= 11 is 0. The standard InChI is InChI=1S/C25H28N2O4S/c1-20(23-15-9-10-16-24(23)31-2)26-25(28)19-27(18-17-21-11-5-3-6-12-21)32(29,30)22-13-7-4-8-14-22/h3-16,20H,17-19H2,1-2H3,(H,26,28)/t20-/m1/s1. The van der Waals surface area contributed by atoms with Crippen LogP contribution in [0.2, 0.25) is 0 Å². The quantitative estimate of drug-likeness (QED) is 0.508. The Morgan fingerprint density at radius 1 is 0.938 bits per heavy atom. The van der Waals surface area contributed by atoms with Gasteiger partial charge in [-0.25, -0.2) is 8.42 Å². The molecule has 0 aliphatic heterocycles. The third kappa shape index (κ3) is 5.96. The lowest BCUT2D eigenvalue weighted by Crippen LogP contribution is -2.42.